The summed E-state index contributed by atoms with van der Waals surface area (Å²) in [5.74, 6) is 1.01. The molecule has 0 aromatic carbocycles. The number of ether oxygens (including phenoxy) is 1. The van der Waals surface area contributed by atoms with Crippen molar-refractivity contribution in [2.75, 3.05) is 36.5 Å². The van der Waals surface area contributed by atoms with E-state index in [1.54, 1.807) is 13.8 Å². The molecule has 0 aliphatic carbocycles. The highest BCUT2D eigenvalue weighted by atomic mass is 16.5. The van der Waals surface area contributed by atoms with E-state index in [1.807, 2.05) is 18.7 Å². The Morgan fingerprint density at radius 1 is 1.19 bits per heavy atom. The average Bonchev–Trinajstić information content (AvgIpc) is 2.41. The van der Waals surface area contributed by atoms with Crippen LogP contribution >= 0.6 is 0 Å². The van der Waals surface area contributed by atoms with Crippen molar-refractivity contribution < 1.29 is 9.84 Å². The van der Waals surface area contributed by atoms with Crippen LogP contribution in [0.4, 0.5) is 11.9 Å². The van der Waals surface area contributed by atoms with E-state index in [0.29, 0.717) is 37.6 Å². The first-order valence-electron chi connectivity index (χ1n) is 7.49. The first-order valence-corrected chi connectivity index (χ1v) is 7.49. The van der Waals surface area contributed by atoms with Crippen LogP contribution in [0.3, 0.4) is 0 Å². The predicted molar refractivity (Wildman–Crippen MR) is 84.0 cm³/mol. The fraction of sp³-hybridized carbons (Fsp3) is 0.786. The van der Waals surface area contributed by atoms with Crippen LogP contribution < -0.4 is 15.0 Å². The van der Waals surface area contributed by atoms with Crippen LogP contribution in [-0.4, -0.2) is 51.9 Å². The molecule has 0 aliphatic rings. The van der Waals surface area contributed by atoms with Crippen LogP contribution in [0.5, 0.6) is 6.01 Å². The molecular weight excluding hydrogens is 270 g/mol. The molecule has 0 saturated carbocycles. The second-order valence-electron chi connectivity index (χ2n) is 5.43. The predicted octanol–water partition coefficient (Wildman–Crippen LogP) is 1.69. The molecule has 0 bridgehead atoms. The molecular formula is C14H27N5O2. The first kappa shape index (κ1) is 17.4. The number of anilines is 2. The molecule has 0 fully saturated rings. The SMILES string of the molecule is CCCNc1nc(OCC)nc(N(CC)CC(C)(C)O)n1. The monoisotopic (exact) mass is 297 g/mol. The van der Waals surface area contributed by atoms with Gasteiger partial charge in [-0.25, -0.2) is 0 Å². The van der Waals surface area contributed by atoms with E-state index in [0.717, 1.165) is 13.0 Å². The highest BCUT2D eigenvalue weighted by molar-refractivity contribution is 5.38. The quantitative estimate of drug-likeness (QED) is 0.717. The van der Waals surface area contributed by atoms with Gasteiger partial charge in [-0.15, -0.1) is 0 Å². The van der Waals surface area contributed by atoms with Crippen molar-refractivity contribution >= 4 is 11.9 Å². The molecule has 1 heterocycles. The molecule has 0 saturated heterocycles. The van der Waals surface area contributed by atoms with Gasteiger partial charge in [0.25, 0.3) is 0 Å². The van der Waals surface area contributed by atoms with Crippen LogP contribution in [0.25, 0.3) is 0 Å². The van der Waals surface area contributed by atoms with Crippen molar-refractivity contribution in [3.05, 3.63) is 0 Å². The molecule has 1 aromatic rings. The van der Waals surface area contributed by atoms with Crippen molar-refractivity contribution in [1.82, 2.24) is 15.0 Å². The van der Waals surface area contributed by atoms with Crippen molar-refractivity contribution in [2.24, 2.45) is 0 Å². The van der Waals surface area contributed by atoms with Gasteiger partial charge in [-0.05, 0) is 34.1 Å². The smallest absolute Gasteiger partial charge is 0.323 e. The molecule has 7 heteroatoms. The van der Waals surface area contributed by atoms with E-state index in [9.17, 15) is 5.11 Å². The van der Waals surface area contributed by atoms with Gasteiger partial charge in [-0.3, -0.25) is 0 Å². The summed E-state index contributed by atoms with van der Waals surface area (Å²) in [6.45, 7) is 11.9. The third-order valence-corrected chi connectivity index (χ3v) is 2.65. The maximum Gasteiger partial charge on any atom is 0.323 e. The molecule has 0 atom stereocenters. The number of hydrogen-bond donors (Lipinski definition) is 2. The molecule has 0 spiro atoms. The van der Waals surface area contributed by atoms with Gasteiger partial charge < -0.3 is 20.1 Å². The molecule has 0 amide bonds. The van der Waals surface area contributed by atoms with E-state index in [2.05, 4.69) is 27.2 Å². The summed E-state index contributed by atoms with van der Waals surface area (Å²) in [7, 11) is 0. The molecule has 1 rings (SSSR count). The Hall–Kier alpha value is -1.63. The van der Waals surface area contributed by atoms with Gasteiger partial charge in [0.2, 0.25) is 11.9 Å². The number of nitrogens with zero attached hydrogens (tertiary/aromatic N) is 4. The number of nitrogens with one attached hydrogen (secondary N) is 1. The first-order chi connectivity index (χ1) is 9.89. The number of rotatable bonds is 9. The minimum Gasteiger partial charge on any atom is -0.464 e. The molecule has 2 N–H and O–H groups in total. The summed E-state index contributed by atoms with van der Waals surface area (Å²) < 4.78 is 5.40. The zero-order valence-corrected chi connectivity index (χ0v) is 13.7. The van der Waals surface area contributed by atoms with E-state index >= 15 is 0 Å². The second-order valence-corrected chi connectivity index (χ2v) is 5.43. The van der Waals surface area contributed by atoms with Crippen molar-refractivity contribution in [1.29, 1.82) is 0 Å². The Kier molecular flexibility index (Phi) is 6.61. The zero-order valence-electron chi connectivity index (χ0n) is 13.7. The summed E-state index contributed by atoms with van der Waals surface area (Å²) in [6.07, 6.45) is 0.978. The van der Waals surface area contributed by atoms with Gasteiger partial charge in [0.05, 0.1) is 12.2 Å². The lowest BCUT2D eigenvalue weighted by molar-refractivity contribution is 0.0871. The standard InChI is InChI=1S/C14H27N5O2/c1-6-9-15-11-16-12(18-13(17-11)21-8-3)19(7-2)10-14(4,5)20/h20H,6-10H2,1-5H3,(H,15,16,17,18). The molecule has 7 nitrogen and oxygen atoms in total. The number of likely N-dealkylation sites (N-methyl/N-ethyl adjacent to an activating group) is 1. The summed E-state index contributed by atoms with van der Waals surface area (Å²) in [5.41, 5.74) is -0.828. The Morgan fingerprint density at radius 2 is 1.90 bits per heavy atom. The van der Waals surface area contributed by atoms with Gasteiger partial charge in [-0.2, -0.15) is 15.0 Å². The fourth-order valence-electron chi connectivity index (χ4n) is 1.79. The van der Waals surface area contributed by atoms with Gasteiger partial charge in [0.15, 0.2) is 0 Å². The Balaban J connectivity index is 3.03. The molecule has 120 valence electrons. The van der Waals surface area contributed by atoms with Crippen molar-refractivity contribution in [2.45, 2.75) is 46.6 Å². The van der Waals surface area contributed by atoms with Gasteiger partial charge in [0.1, 0.15) is 0 Å². The Labute approximate surface area is 126 Å². The van der Waals surface area contributed by atoms with Crippen molar-refractivity contribution in [3.8, 4) is 6.01 Å². The highest BCUT2D eigenvalue weighted by Crippen LogP contribution is 2.17. The molecule has 21 heavy (non-hydrogen) atoms. The number of aromatic nitrogens is 3. The third-order valence-electron chi connectivity index (χ3n) is 2.65. The van der Waals surface area contributed by atoms with E-state index in [-0.39, 0.29) is 0 Å². The summed E-state index contributed by atoms with van der Waals surface area (Å²) >= 11 is 0. The Bertz CT molecular complexity index is 434. The summed E-state index contributed by atoms with van der Waals surface area (Å²) in [6, 6.07) is 0.301. The fourth-order valence-corrected chi connectivity index (χ4v) is 1.79. The lowest BCUT2D eigenvalue weighted by atomic mass is 10.1. The number of aliphatic hydroxyl groups is 1. The van der Waals surface area contributed by atoms with Crippen LogP contribution in [0.15, 0.2) is 0 Å². The maximum atomic E-state index is 10.0. The summed E-state index contributed by atoms with van der Waals surface area (Å²) in [5, 5.41) is 13.1. The largest absolute Gasteiger partial charge is 0.464 e. The van der Waals surface area contributed by atoms with Crippen LogP contribution in [-0.2, 0) is 0 Å². The van der Waals surface area contributed by atoms with E-state index in [4.69, 9.17) is 4.74 Å². The van der Waals surface area contributed by atoms with Gasteiger partial charge in [0, 0.05) is 19.6 Å². The number of hydrogen-bond acceptors (Lipinski definition) is 7. The minimum absolute atomic E-state index is 0.301. The Morgan fingerprint density at radius 3 is 2.43 bits per heavy atom. The van der Waals surface area contributed by atoms with Gasteiger partial charge in [-0.1, -0.05) is 6.92 Å². The van der Waals surface area contributed by atoms with Crippen LogP contribution in [0.1, 0.15) is 41.0 Å². The minimum atomic E-state index is -0.828. The van der Waals surface area contributed by atoms with Crippen molar-refractivity contribution in [3.63, 3.8) is 0 Å². The maximum absolute atomic E-state index is 10.0. The highest BCUT2D eigenvalue weighted by Gasteiger charge is 2.21. The van der Waals surface area contributed by atoms with Gasteiger partial charge >= 0.3 is 6.01 Å². The van der Waals surface area contributed by atoms with E-state index in [1.165, 1.54) is 0 Å². The normalized spacial score (nSPS) is 11.3. The average molecular weight is 297 g/mol. The molecule has 1 aromatic heterocycles. The molecule has 0 radical (unpaired) electrons. The molecule has 0 unspecified atom stereocenters. The topological polar surface area (TPSA) is 83.4 Å². The summed E-state index contributed by atoms with van der Waals surface area (Å²) in [4.78, 5) is 14.9. The van der Waals surface area contributed by atoms with Crippen LogP contribution in [0.2, 0.25) is 0 Å². The van der Waals surface area contributed by atoms with Crippen LogP contribution in [0, 0.1) is 0 Å². The van der Waals surface area contributed by atoms with E-state index < -0.39 is 5.60 Å². The lowest BCUT2D eigenvalue weighted by Gasteiger charge is -2.28. The third kappa shape index (κ3) is 6.12. The zero-order chi connectivity index (χ0) is 15.9. The molecule has 0 aliphatic heterocycles. The second kappa shape index (κ2) is 7.97. The lowest BCUT2D eigenvalue weighted by Crippen LogP contribution is -2.39.